The van der Waals surface area contributed by atoms with E-state index in [0.717, 1.165) is 19.3 Å². The van der Waals surface area contributed by atoms with Gasteiger partial charge in [0.1, 0.15) is 11.4 Å². The summed E-state index contributed by atoms with van der Waals surface area (Å²) in [7, 11) is 0. The zero-order valence-corrected chi connectivity index (χ0v) is 10.6. The van der Waals surface area contributed by atoms with Crippen LogP contribution in [0.3, 0.4) is 0 Å². The number of nitrogens with two attached hydrogens (primary N) is 1. The first kappa shape index (κ1) is 12.9. The van der Waals surface area contributed by atoms with Gasteiger partial charge in [-0.25, -0.2) is 4.39 Å². The minimum atomic E-state index is -0.744. The van der Waals surface area contributed by atoms with Gasteiger partial charge >= 0.3 is 0 Å². The highest BCUT2D eigenvalue weighted by molar-refractivity contribution is 5.88. The van der Waals surface area contributed by atoms with E-state index in [-0.39, 0.29) is 17.6 Å². The topological polar surface area (TPSA) is 55.1 Å². The fourth-order valence-corrected chi connectivity index (χ4v) is 2.78. The van der Waals surface area contributed by atoms with E-state index in [1.54, 1.807) is 12.1 Å². The van der Waals surface area contributed by atoms with Crippen LogP contribution in [0.2, 0.25) is 0 Å². The number of halogens is 1. The monoisotopic (exact) mass is 250 g/mol. The van der Waals surface area contributed by atoms with Gasteiger partial charge in [-0.05, 0) is 37.0 Å². The lowest BCUT2D eigenvalue weighted by Gasteiger charge is -2.41. The van der Waals surface area contributed by atoms with Gasteiger partial charge in [0.2, 0.25) is 5.91 Å². The van der Waals surface area contributed by atoms with Gasteiger partial charge in [0, 0.05) is 5.69 Å². The third-order valence-corrected chi connectivity index (χ3v) is 3.93. The Morgan fingerprint density at radius 3 is 2.89 bits per heavy atom. The van der Waals surface area contributed by atoms with Gasteiger partial charge in [-0.15, -0.1) is 0 Å². The van der Waals surface area contributed by atoms with E-state index in [9.17, 15) is 9.18 Å². The summed E-state index contributed by atoms with van der Waals surface area (Å²) in [5.74, 6) is -0.505. The Balaban J connectivity index is 2.28. The average Bonchev–Trinajstić information content (AvgIpc) is 2.32. The summed E-state index contributed by atoms with van der Waals surface area (Å²) < 4.78 is 13.2. The van der Waals surface area contributed by atoms with Crippen LogP contribution in [0.1, 0.15) is 32.6 Å². The molecule has 0 bridgehead atoms. The molecule has 0 radical (unpaired) electrons. The van der Waals surface area contributed by atoms with Gasteiger partial charge in [-0.1, -0.05) is 25.8 Å². The molecule has 2 atom stereocenters. The van der Waals surface area contributed by atoms with E-state index in [0.29, 0.717) is 12.1 Å². The Morgan fingerprint density at radius 2 is 2.28 bits per heavy atom. The maximum atomic E-state index is 13.2. The number of nitrogens with one attached hydrogen (secondary N) is 1. The first-order valence-corrected chi connectivity index (χ1v) is 6.38. The number of benzene rings is 1. The third kappa shape index (κ3) is 2.33. The molecule has 1 aromatic rings. The Kier molecular flexibility index (Phi) is 3.55. The fourth-order valence-electron chi connectivity index (χ4n) is 2.78. The molecular weight excluding hydrogens is 231 g/mol. The third-order valence-electron chi connectivity index (χ3n) is 3.93. The second-order valence-electron chi connectivity index (χ2n) is 5.12. The van der Waals surface area contributed by atoms with Gasteiger partial charge in [-0.3, -0.25) is 4.79 Å². The maximum Gasteiger partial charge on any atom is 0.243 e. The SMILES string of the molecule is CC1CCCCC1(Nc1cccc(F)c1)C(N)=O. The first-order valence-electron chi connectivity index (χ1n) is 6.38. The molecule has 1 fully saturated rings. The minimum absolute atomic E-state index is 0.159. The summed E-state index contributed by atoms with van der Waals surface area (Å²) in [5, 5.41) is 3.17. The summed E-state index contributed by atoms with van der Waals surface area (Å²) in [5.41, 5.74) is 5.45. The predicted octanol–water partition coefficient (Wildman–Crippen LogP) is 2.67. The largest absolute Gasteiger partial charge is 0.371 e. The number of amides is 1. The molecule has 0 aliphatic heterocycles. The molecule has 2 unspecified atom stereocenters. The number of carbonyl (C=O) groups is 1. The van der Waals surface area contributed by atoms with Crippen LogP contribution in [0, 0.1) is 11.7 Å². The molecule has 1 aliphatic carbocycles. The van der Waals surface area contributed by atoms with Crippen molar-refractivity contribution in [1.82, 2.24) is 0 Å². The lowest BCUT2D eigenvalue weighted by Crippen LogP contribution is -2.56. The van der Waals surface area contributed by atoms with E-state index in [1.165, 1.54) is 12.1 Å². The molecule has 1 aliphatic rings. The van der Waals surface area contributed by atoms with Crippen LogP contribution in [-0.2, 0) is 4.79 Å². The number of hydrogen-bond acceptors (Lipinski definition) is 2. The number of hydrogen-bond donors (Lipinski definition) is 2. The molecule has 3 N–H and O–H groups in total. The highest BCUT2D eigenvalue weighted by Crippen LogP contribution is 2.36. The van der Waals surface area contributed by atoms with Gasteiger partial charge < -0.3 is 11.1 Å². The maximum absolute atomic E-state index is 13.2. The molecule has 0 aromatic heterocycles. The minimum Gasteiger partial charge on any atom is -0.371 e. The van der Waals surface area contributed by atoms with Crippen LogP contribution in [0.5, 0.6) is 0 Å². The Hall–Kier alpha value is -1.58. The quantitative estimate of drug-likeness (QED) is 0.866. The van der Waals surface area contributed by atoms with Crippen LogP contribution in [-0.4, -0.2) is 11.4 Å². The summed E-state index contributed by atoms with van der Waals surface area (Å²) in [6, 6.07) is 6.16. The summed E-state index contributed by atoms with van der Waals surface area (Å²) in [4.78, 5) is 11.8. The van der Waals surface area contributed by atoms with Crippen LogP contribution in [0.4, 0.5) is 10.1 Å². The van der Waals surface area contributed by atoms with Crippen LogP contribution >= 0.6 is 0 Å². The first-order chi connectivity index (χ1) is 8.54. The van der Waals surface area contributed by atoms with E-state index >= 15 is 0 Å². The van der Waals surface area contributed by atoms with Crippen molar-refractivity contribution >= 4 is 11.6 Å². The number of primary amides is 1. The van der Waals surface area contributed by atoms with E-state index in [1.807, 2.05) is 6.92 Å². The smallest absolute Gasteiger partial charge is 0.243 e. The lowest BCUT2D eigenvalue weighted by atomic mass is 9.73. The van der Waals surface area contributed by atoms with Crippen LogP contribution < -0.4 is 11.1 Å². The van der Waals surface area contributed by atoms with E-state index in [4.69, 9.17) is 5.73 Å². The molecule has 3 nitrogen and oxygen atoms in total. The van der Waals surface area contributed by atoms with Gasteiger partial charge in [0.15, 0.2) is 0 Å². The fraction of sp³-hybridized carbons (Fsp3) is 0.500. The average molecular weight is 250 g/mol. The lowest BCUT2D eigenvalue weighted by molar-refractivity contribution is -0.124. The number of anilines is 1. The molecule has 18 heavy (non-hydrogen) atoms. The molecular formula is C14H19FN2O. The van der Waals surface area contributed by atoms with Crippen molar-refractivity contribution in [2.24, 2.45) is 11.7 Å². The predicted molar refractivity (Wildman–Crippen MR) is 69.6 cm³/mol. The van der Waals surface area contributed by atoms with Crippen LogP contribution in [0.25, 0.3) is 0 Å². The normalized spacial score (nSPS) is 27.8. The molecule has 0 spiro atoms. The summed E-state index contributed by atoms with van der Waals surface area (Å²) in [6.07, 6.45) is 3.75. The Bertz CT molecular complexity index is 449. The van der Waals surface area contributed by atoms with Crippen LogP contribution in [0.15, 0.2) is 24.3 Å². The molecule has 1 aromatic carbocycles. The standard InChI is InChI=1S/C14H19FN2O/c1-10-5-2-3-8-14(10,13(16)18)17-12-7-4-6-11(15)9-12/h4,6-7,9-10,17H,2-3,5,8H2,1H3,(H2,16,18). The number of carbonyl (C=O) groups excluding carboxylic acids is 1. The zero-order valence-electron chi connectivity index (χ0n) is 10.6. The van der Waals surface area contributed by atoms with Crippen molar-refractivity contribution in [3.05, 3.63) is 30.1 Å². The number of rotatable bonds is 3. The molecule has 1 amide bonds. The molecule has 0 saturated heterocycles. The zero-order chi connectivity index (χ0) is 13.2. The highest BCUT2D eigenvalue weighted by atomic mass is 19.1. The summed E-state index contributed by atoms with van der Waals surface area (Å²) >= 11 is 0. The molecule has 2 rings (SSSR count). The molecule has 0 heterocycles. The van der Waals surface area contributed by atoms with Gasteiger partial charge in [-0.2, -0.15) is 0 Å². The van der Waals surface area contributed by atoms with Gasteiger partial charge in [0.25, 0.3) is 0 Å². The highest BCUT2D eigenvalue weighted by Gasteiger charge is 2.43. The summed E-state index contributed by atoms with van der Waals surface area (Å²) in [6.45, 7) is 2.02. The van der Waals surface area contributed by atoms with Gasteiger partial charge in [0.05, 0.1) is 0 Å². The molecule has 98 valence electrons. The van der Waals surface area contributed by atoms with Crippen molar-refractivity contribution in [3.63, 3.8) is 0 Å². The Morgan fingerprint density at radius 1 is 1.50 bits per heavy atom. The van der Waals surface area contributed by atoms with Crippen molar-refractivity contribution in [3.8, 4) is 0 Å². The second-order valence-corrected chi connectivity index (χ2v) is 5.12. The van der Waals surface area contributed by atoms with E-state index in [2.05, 4.69) is 5.32 Å². The van der Waals surface area contributed by atoms with Crippen molar-refractivity contribution in [2.75, 3.05) is 5.32 Å². The molecule has 1 saturated carbocycles. The van der Waals surface area contributed by atoms with Crippen molar-refractivity contribution < 1.29 is 9.18 Å². The van der Waals surface area contributed by atoms with E-state index < -0.39 is 5.54 Å². The Labute approximate surface area is 107 Å². The molecule has 4 heteroatoms. The second kappa shape index (κ2) is 4.96. The van der Waals surface area contributed by atoms with Crippen molar-refractivity contribution in [2.45, 2.75) is 38.1 Å². The van der Waals surface area contributed by atoms with Crippen molar-refractivity contribution in [1.29, 1.82) is 0 Å².